The van der Waals surface area contributed by atoms with Gasteiger partial charge in [0.1, 0.15) is 12.1 Å². The molecule has 0 bridgehead atoms. The Kier molecular flexibility index (Phi) is 8.55. The van der Waals surface area contributed by atoms with Crippen molar-refractivity contribution in [3.8, 4) is 12.3 Å². The van der Waals surface area contributed by atoms with Crippen LogP contribution in [0.2, 0.25) is 0 Å². The number of hydrogen-bond donors (Lipinski definition) is 2. The summed E-state index contributed by atoms with van der Waals surface area (Å²) in [6.07, 6.45) is 6.43. The number of anilines is 3. The van der Waals surface area contributed by atoms with Gasteiger partial charge in [-0.05, 0) is 36.4 Å². The van der Waals surface area contributed by atoms with Gasteiger partial charge in [-0.3, -0.25) is 0 Å². The summed E-state index contributed by atoms with van der Waals surface area (Å²) in [5.74, 6) is 3.21. The fourth-order valence-corrected chi connectivity index (χ4v) is 3.16. The van der Waals surface area contributed by atoms with E-state index in [4.69, 9.17) is 20.6 Å². The number of carbonyl (C=O) groups is 1. The molecule has 0 aliphatic heterocycles. The number of hydrogen-bond acceptors (Lipinski definition) is 7. The van der Waals surface area contributed by atoms with Crippen LogP contribution in [0.3, 0.4) is 0 Å². The predicted molar refractivity (Wildman–Crippen MR) is 127 cm³/mol. The molecule has 0 unspecified atom stereocenters. The van der Waals surface area contributed by atoms with Gasteiger partial charge in [-0.2, -0.15) is 0 Å². The second kappa shape index (κ2) is 11.8. The number of amides is 2. The quantitative estimate of drug-likeness (QED) is 0.361. The summed E-state index contributed by atoms with van der Waals surface area (Å²) in [4.78, 5) is 23.2. The monoisotopic (exact) mass is 449 g/mol. The summed E-state index contributed by atoms with van der Waals surface area (Å²) in [5.41, 5.74) is 2.88. The van der Waals surface area contributed by atoms with Gasteiger partial charge in [-0.15, -0.1) is 6.42 Å². The molecule has 0 radical (unpaired) electrons. The molecule has 172 valence electrons. The van der Waals surface area contributed by atoms with Crippen molar-refractivity contribution in [2.45, 2.75) is 6.29 Å². The lowest BCUT2D eigenvalue weighted by Crippen LogP contribution is -2.43. The van der Waals surface area contributed by atoms with Crippen LogP contribution in [0.25, 0.3) is 10.9 Å². The molecule has 0 saturated carbocycles. The Morgan fingerprint density at radius 3 is 2.67 bits per heavy atom. The molecule has 3 aromatic rings. The first kappa shape index (κ1) is 23.9. The zero-order chi connectivity index (χ0) is 23.6. The Bertz CT molecular complexity index is 1130. The number of benzene rings is 2. The molecule has 2 aromatic carbocycles. The summed E-state index contributed by atoms with van der Waals surface area (Å²) in [5, 5.41) is 6.94. The number of nitrogens with one attached hydrogen (secondary N) is 2. The number of nitrogens with zero attached hydrogens (tertiary/aromatic N) is 3. The van der Waals surface area contributed by atoms with Crippen LogP contribution in [-0.2, 0) is 14.2 Å². The lowest BCUT2D eigenvalue weighted by Gasteiger charge is -2.26. The maximum atomic E-state index is 13.0. The first-order valence-electron chi connectivity index (χ1n) is 10.3. The van der Waals surface area contributed by atoms with Crippen molar-refractivity contribution in [3.63, 3.8) is 0 Å². The molecular weight excluding hydrogens is 422 g/mol. The van der Waals surface area contributed by atoms with Crippen LogP contribution in [-0.4, -0.2) is 68.2 Å². The normalized spacial score (nSPS) is 10.8. The molecule has 0 aliphatic carbocycles. The highest BCUT2D eigenvalue weighted by atomic mass is 16.7. The first-order chi connectivity index (χ1) is 16.1. The number of carbonyl (C=O) groups excluding carboxylic acids is 1. The molecule has 0 atom stereocenters. The Balaban J connectivity index is 1.83. The van der Waals surface area contributed by atoms with Crippen LogP contribution in [0.4, 0.5) is 22.0 Å². The summed E-state index contributed by atoms with van der Waals surface area (Å²) in [6, 6.07) is 12.6. The van der Waals surface area contributed by atoms with E-state index in [0.29, 0.717) is 24.7 Å². The summed E-state index contributed by atoms with van der Waals surface area (Å²) >= 11 is 0. The van der Waals surface area contributed by atoms with Crippen LogP contribution in [0.15, 0.2) is 48.8 Å². The van der Waals surface area contributed by atoms with Gasteiger partial charge in [0, 0.05) is 50.2 Å². The van der Waals surface area contributed by atoms with E-state index in [1.54, 1.807) is 18.1 Å². The average molecular weight is 450 g/mol. The van der Waals surface area contributed by atoms with Crippen LogP contribution in [0.5, 0.6) is 0 Å². The zero-order valence-corrected chi connectivity index (χ0v) is 18.9. The topological polar surface area (TPSA) is 97.8 Å². The van der Waals surface area contributed by atoms with E-state index in [9.17, 15) is 4.79 Å². The highest BCUT2D eigenvalue weighted by molar-refractivity contribution is 5.96. The minimum absolute atomic E-state index is 0.247. The number of ether oxygens (including phenoxy) is 3. The minimum Gasteiger partial charge on any atom is -0.383 e. The summed E-state index contributed by atoms with van der Waals surface area (Å²) < 4.78 is 15.6. The number of terminal acetylenes is 1. The molecule has 0 fully saturated rings. The molecule has 2 N–H and O–H groups in total. The zero-order valence-electron chi connectivity index (χ0n) is 18.9. The van der Waals surface area contributed by atoms with Gasteiger partial charge in [0.2, 0.25) is 0 Å². The SMILES string of the molecule is C#Cc1cccc(Nc2ncnc3ccc(NC(=O)N(CCOC)CC(OC)OC)cc23)c1. The van der Waals surface area contributed by atoms with Gasteiger partial charge in [-0.25, -0.2) is 14.8 Å². The highest BCUT2D eigenvalue weighted by Gasteiger charge is 2.19. The first-order valence-corrected chi connectivity index (χ1v) is 10.3. The minimum atomic E-state index is -0.549. The molecule has 1 heterocycles. The van der Waals surface area contributed by atoms with Crippen LogP contribution < -0.4 is 10.6 Å². The van der Waals surface area contributed by atoms with Crippen LogP contribution in [0.1, 0.15) is 5.56 Å². The van der Waals surface area contributed by atoms with Gasteiger partial charge in [0.15, 0.2) is 6.29 Å². The maximum absolute atomic E-state index is 13.0. The average Bonchev–Trinajstić information content (AvgIpc) is 2.84. The third-order valence-corrected chi connectivity index (χ3v) is 4.93. The number of fused-ring (bicyclic) bond motifs is 1. The van der Waals surface area contributed by atoms with Crippen LogP contribution in [0, 0.1) is 12.3 Å². The van der Waals surface area contributed by atoms with E-state index in [2.05, 4.69) is 26.5 Å². The van der Waals surface area contributed by atoms with Gasteiger partial charge in [0.25, 0.3) is 0 Å². The Morgan fingerprint density at radius 2 is 1.94 bits per heavy atom. The predicted octanol–water partition coefficient (Wildman–Crippen LogP) is 3.45. The van der Waals surface area contributed by atoms with Gasteiger partial charge < -0.3 is 29.7 Å². The number of aromatic nitrogens is 2. The van der Waals surface area contributed by atoms with Crippen molar-refractivity contribution < 1.29 is 19.0 Å². The third kappa shape index (κ3) is 6.40. The molecule has 0 spiro atoms. The smallest absolute Gasteiger partial charge is 0.322 e. The number of rotatable bonds is 10. The lowest BCUT2D eigenvalue weighted by atomic mass is 10.2. The van der Waals surface area contributed by atoms with Gasteiger partial charge >= 0.3 is 6.03 Å². The van der Waals surface area contributed by atoms with E-state index in [0.717, 1.165) is 22.2 Å². The van der Waals surface area contributed by atoms with Crippen molar-refractivity contribution >= 4 is 34.1 Å². The summed E-state index contributed by atoms with van der Waals surface area (Å²) in [6.45, 7) is 1.00. The van der Waals surface area contributed by atoms with E-state index in [1.165, 1.54) is 20.5 Å². The van der Waals surface area contributed by atoms with E-state index in [-0.39, 0.29) is 12.6 Å². The van der Waals surface area contributed by atoms with Crippen LogP contribution >= 0.6 is 0 Å². The van der Waals surface area contributed by atoms with Gasteiger partial charge in [-0.1, -0.05) is 12.0 Å². The van der Waals surface area contributed by atoms with Crippen molar-refractivity contribution in [2.75, 3.05) is 51.7 Å². The highest BCUT2D eigenvalue weighted by Crippen LogP contribution is 2.26. The van der Waals surface area contributed by atoms with E-state index < -0.39 is 6.29 Å². The largest absolute Gasteiger partial charge is 0.383 e. The molecule has 0 saturated heterocycles. The number of methoxy groups -OCH3 is 3. The van der Waals surface area contributed by atoms with Gasteiger partial charge in [0.05, 0.1) is 18.7 Å². The Labute approximate surface area is 193 Å². The fraction of sp³-hybridized carbons (Fsp3) is 0.292. The Hall–Kier alpha value is -3.71. The molecule has 9 heteroatoms. The molecule has 3 rings (SSSR count). The standard InChI is InChI=1S/C24H27N5O4/c1-5-17-7-6-8-18(13-17)27-23-20-14-19(9-10-21(20)25-16-26-23)28-24(30)29(11-12-31-2)15-22(32-3)33-4/h1,6-10,13-14,16,22H,11-12,15H2,2-4H3,(H,28,30)(H,25,26,27). The van der Waals surface area contributed by atoms with Crippen molar-refractivity contribution in [1.29, 1.82) is 0 Å². The molecule has 2 amide bonds. The number of urea groups is 1. The second-order valence-electron chi connectivity index (χ2n) is 7.07. The molecular formula is C24H27N5O4. The fourth-order valence-electron chi connectivity index (χ4n) is 3.16. The van der Waals surface area contributed by atoms with Crippen molar-refractivity contribution in [2.24, 2.45) is 0 Å². The summed E-state index contributed by atoms with van der Waals surface area (Å²) in [7, 11) is 4.63. The van der Waals surface area contributed by atoms with Crippen molar-refractivity contribution in [1.82, 2.24) is 14.9 Å². The molecule has 0 aliphatic rings. The maximum Gasteiger partial charge on any atom is 0.322 e. The Morgan fingerprint density at radius 1 is 1.12 bits per heavy atom. The lowest BCUT2D eigenvalue weighted by molar-refractivity contribution is -0.111. The molecule has 9 nitrogen and oxygen atoms in total. The molecule has 1 aromatic heterocycles. The molecule has 33 heavy (non-hydrogen) atoms. The van der Waals surface area contributed by atoms with Crippen molar-refractivity contribution in [3.05, 3.63) is 54.4 Å². The van der Waals surface area contributed by atoms with E-state index in [1.807, 2.05) is 36.4 Å². The van der Waals surface area contributed by atoms with E-state index >= 15 is 0 Å². The third-order valence-electron chi connectivity index (χ3n) is 4.93. The second-order valence-corrected chi connectivity index (χ2v) is 7.07.